The molecule has 0 aliphatic carbocycles. The lowest BCUT2D eigenvalue weighted by Crippen LogP contribution is -2.14. The van der Waals surface area contributed by atoms with E-state index in [1.54, 1.807) is 43.6 Å². The molecule has 2 rings (SSSR count). The van der Waals surface area contributed by atoms with Crippen molar-refractivity contribution in [2.45, 2.75) is 6.92 Å². The fraction of sp³-hybridized carbons (Fsp3) is 0.250. The number of anilines is 1. The first kappa shape index (κ1) is 15.6. The predicted molar refractivity (Wildman–Crippen MR) is 82.9 cm³/mol. The summed E-state index contributed by atoms with van der Waals surface area (Å²) in [5, 5.41) is 2.73. The summed E-state index contributed by atoms with van der Waals surface area (Å²) in [6, 6.07) is 8.44. The fourth-order valence-corrected chi connectivity index (χ4v) is 1.91. The Morgan fingerprint density at radius 3 is 2.59 bits per heavy atom. The number of hydrogen-bond acceptors (Lipinski definition) is 5. The number of aromatic nitrogens is 1. The molecule has 6 nitrogen and oxygen atoms in total. The number of hydrogen-bond donors (Lipinski definition) is 1. The summed E-state index contributed by atoms with van der Waals surface area (Å²) in [6.45, 7) is 2.36. The minimum atomic E-state index is -0.305. The summed E-state index contributed by atoms with van der Waals surface area (Å²) >= 11 is 0. The zero-order chi connectivity index (χ0) is 15.9. The van der Waals surface area contributed by atoms with Crippen LogP contribution in [0.25, 0.3) is 0 Å². The van der Waals surface area contributed by atoms with Crippen molar-refractivity contribution in [3.63, 3.8) is 0 Å². The molecule has 0 radical (unpaired) electrons. The van der Waals surface area contributed by atoms with Crippen LogP contribution >= 0.6 is 0 Å². The molecule has 0 atom stereocenters. The second-order valence-electron chi connectivity index (χ2n) is 4.31. The summed E-state index contributed by atoms with van der Waals surface area (Å²) < 4.78 is 15.8. The second-order valence-corrected chi connectivity index (χ2v) is 4.31. The van der Waals surface area contributed by atoms with Gasteiger partial charge in [0.25, 0.3) is 5.91 Å². The van der Waals surface area contributed by atoms with Crippen LogP contribution in [0, 0.1) is 0 Å². The van der Waals surface area contributed by atoms with Crippen molar-refractivity contribution < 1.29 is 19.0 Å². The molecule has 0 fully saturated rings. The van der Waals surface area contributed by atoms with E-state index in [4.69, 9.17) is 14.2 Å². The van der Waals surface area contributed by atoms with E-state index in [0.717, 1.165) is 0 Å². The Bertz CT molecular complexity index is 658. The molecule has 0 saturated heterocycles. The molecule has 22 heavy (non-hydrogen) atoms. The molecule has 2 aromatic rings. The highest BCUT2D eigenvalue weighted by Gasteiger charge is 2.13. The maximum absolute atomic E-state index is 12.3. The van der Waals surface area contributed by atoms with Crippen molar-refractivity contribution in [3.8, 4) is 17.2 Å². The molecule has 0 bridgehead atoms. The summed E-state index contributed by atoms with van der Waals surface area (Å²) in [5.74, 6) is 1.65. The molecule has 116 valence electrons. The molecule has 1 heterocycles. The Labute approximate surface area is 129 Å². The fourth-order valence-electron chi connectivity index (χ4n) is 1.91. The molecule has 0 saturated carbocycles. The van der Waals surface area contributed by atoms with Gasteiger partial charge in [-0.05, 0) is 37.3 Å². The zero-order valence-corrected chi connectivity index (χ0v) is 12.8. The van der Waals surface area contributed by atoms with Crippen LogP contribution < -0.4 is 19.5 Å². The third-order valence-electron chi connectivity index (χ3n) is 2.95. The third kappa shape index (κ3) is 3.46. The van der Waals surface area contributed by atoms with Crippen LogP contribution in [-0.2, 0) is 0 Å². The molecule has 1 amide bonds. The van der Waals surface area contributed by atoms with Gasteiger partial charge in [-0.2, -0.15) is 0 Å². The quantitative estimate of drug-likeness (QED) is 0.888. The number of methoxy groups -OCH3 is 2. The van der Waals surface area contributed by atoms with Crippen LogP contribution in [-0.4, -0.2) is 31.7 Å². The van der Waals surface area contributed by atoms with Gasteiger partial charge in [-0.1, -0.05) is 0 Å². The van der Waals surface area contributed by atoms with E-state index in [-0.39, 0.29) is 5.91 Å². The van der Waals surface area contributed by atoms with E-state index in [9.17, 15) is 4.79 Å². The lowest BCUT2D eigenvalue weighted by molar-refractivity contribution is 0.102. The summed E-state index contributed by atoms with van der Waals surface area (Å²) in [6.07, 6.45) is 1.59. The number of nitrogens with one attached hydrogen (secondary N) is 1. The van der Waals surface area contributed by atoms with Crippen molar-refractivity contribution in [1.29, 1.82) is 0 Å². The van der Waals surface area contributed by atoms with Gasteiger partial charge in [-0.25, -0.2) is 4.98 Å². The van der Waals surface area contributed by atoms with Gasteiger partial charge < -0.3 is 19.5 Å². The lowest BCUT2D eigenvalue weighted by atomic mass is 10.2. The highest BCUT2D eigenvalue weighted by molar-refractivity contribution is 6.04. The van der Waals surface area contributed by atoms with Crippen LogP contribution in [0.5, 0.6) is 17.2 Å². The van der Waals surface area contributed by atoms with Gasteiger partial charge in [0.2, 0.25) is 0 Å². The van der Waals surface area contributed by atoms with Crippen molar-refractivity contribution in [2.75, 3.05) is 26.1 Å². The maximum Gasteiger partial charge on any atom is 0.257 e. The molecule has 0 aliphatic heterocycles. The van der Waals surface area contributed by atoms with Gasteiger partial charge in [0, 0.05) is 11.8 Å². The monoisotopic (exact) mass is 302 g/mol. The first-order chi connectivity index (χ1) is 10.7. The van der Waals surface area contributed by atoms with Gasteiger partial charge in [0.15, 0.2) is 23.1 Å². The zero-order valence-electron chi connectivity index (χ0n) is 12.8. The molecule has 0 unspecified atom stereocenters. The Balaban J connectivity index is 2.22. The van der Waals surface area contributed by atoms with Crippen molar-refractivity contribution >= 4 is 11.7 Å². The number of nitrogens with zero attached hydrogens (tertiary/aromatic N) is 1. The van der Waals surface area contributed by atoms with E-state index in [2.05, 4.69) is 10.3 Å². The average molecular weight is 302 g/mol. The molecule has 1 N–H and O–H groups in total. The van der Waals surface area contributed by atoms with Gasteiger partial charge in [0.05, 0.1) is 20.8 Å². The van der Waals surface area contributed by atoms with E-state index >= 15 is 0 Å². The van der Waals surface area contributed by atoms with Crippen LogP contribution in [0.4, 0.5) is 5.82 Å². The van der Waals surface area contributed by atoms with Crippen LogP contribution in [0.3, 0.4) is 0 Å². The van der Waals surface area contributed by atoms with E-state index < -0.39 is 0 Å². The molecule has 1 aromatic carbocycles. The Morgan fingerprint density at radius 2 is 1.91 bits per heavy atom. The van der Waals surface area contributed by atoms with Crippen LogP contribution in [0.2, 0.25) is 0 Å². The van der Waals surface area contributed by atoms with E-state index in [1.807, 2.05) is 6.92 Å². The number of pyridine rings is 1. The number of carbonyl (C=O) groups excluding carboxylic acids is 1. The molecule has 6 heteroatoms. The SMILES string of the molecule is CCOc1cccnc1NC(=O)c1ccc(OC)c(OC)c1. The van der Waals surface area contributed by atoms with Crippen LogP contribution in [0.15, 0.2) is 36.5 Å². The molecule has 1 aromatic heterocycles. The number of benzene rings is 1. The Kier molecular flexibility index (Phi) is 5.19. The number of ether oxygens (including phenoxy) is 3. The standard InChI is InChI=1S/C16H18N2O4/c1-4-22-13-6-5-9-17-15(13)18-16(19)11-7-8-12(20-2)14(10-11)21-3/h5-10H,4H2,1-3H3,(H,17,18,19). The number of rotatable bonds is 6. The summed E-state index contributed by atoms with van der Waals surface area (Å²) in [5.41, 5.74) is 0.436. The topological polar surface area (TPSA) is 69.7 Å². The van der Waals surface area contributed by atoms with Crippen molar-refractivity contribution in [2.24, 2.45) is 0 Å². The predicted octanol–water partition coefficient (Wildman–Crippen LogP) is 2.75. The van der Waals surface area contributed by atoms with Crippen molar-refractivity contribution in [3.05, 3.63) is 42.1 Å². The maximum atomic E-state index is 12.3. The van der Waals surface area contributed by atoms with E-state index in [0.29, 0.717) is 35.2 Å². The smallest absolute Gasteiger partial charge is 0.257 e. The minimum absolute atomic E-state index is 0.305. The van der Waals surface area contributed by atoms with Crippen LogP contribution in [0.1, 0.15) is 17.3 Å². The first-order valence-corrected chi connectivity index (χ1v) is 6.80. The highest BCUT2D eigenvalue weighted by atomic mass is 16.5. The van der Waals surface area contributed by atoms with Gasteiger partial charge in [-0.15, -0.1) is 0 Å². The second kappa shape index (κ2) is 7.31. The minimum Gasteiger partial charge on any atom is -0.493 e. The summed E-state index contributed by atoms with van der Waals surface area (Å²) in [4.78, 5) is 16.5. The van der Waals surface area contributed by atoms with Crippen molar-refractivity contribution in [1.82, 2.24) is 4.98 Å². The largest absolute Gasteiger partial charge is 0.493 e. The van der Waals surface area contributed by atoms with Gasteiger partial charge in [0.1, 0.15) is 0 Å². The molecular formula is C16H18N2O4. The summed E-state index contributed by atoms with van der Waals surface area (Å²) in [7, 11) is 3.06. The first-order valence-electron chi connectivity index (χ1n) is 6.80. The Hall–Kier alpha value is -2.76. The van der Waals surface area contributed by atoms with E-state index in [1.165, 1.54) is 7.11 Å². The van der Waals surface area contributed by atoms with Gasteiger partial charge in [-0.3, -0.25) is 4.79 Å². The normalized spacial score (nSPS) is 9.95. The van der Waals surface area contributed by atoms with Gasteiger partial charge >= 0.3 is 0 Å². The number of amides is 1. The lowest BCUT2D eigenvalue weighted by Gasteiger charge is -2.11. The molecule has 0 spiro atoms. The highest BCUT2D eigenvalue weighted by Crippen LogP contribution is 2.28. The average Bonchev–Trinajstić information content (AvgIpc) is 2.56. The Morgan fingerprint density at radius 1 is 1.14 bits per heavy atom. The third-order valence-corrected chi connectivity index (χ3v) is 2.95. The molecule has 0 aliphatic rings. The molecular weight excluding hydrogens is 284 g/mol. The number of carbonyl (C=O) groups is 1.